The molecule has 7 nitrogen and oxygen atoms in total. The number of rotatable bonds is 12. The molecule has 0 aromatic heterocycles. The molecule has 0 aliphatic rings. The number of halogens is 1. The number of nitro groups is 1. The molecule has 0 aliphatic carbocycles. The zero-order valence-corrected chi connectivity index (χ0v) is 20.5. The molecule has 4 aromatic rings. The lowest BCUT2D eigenvalue weighted by Crippen LogP contribution is -2.51. The Kier molecular flexibility index (Phi) is 8.79. The van der Waals surface area contributed by atoms with E-state index in [0.29, 0.717) is 13.1 Å². The minimum absolute atomic E-state index is 0.159. The number of nitrogens with zero attached hydrogens (tertiary/aromatic N) is 2. The maximum absolute atomic E-state index is 13.8. The van der Waals surface area contributed by atoms with E-state index in [1.165, 1.54) is 6.07 Å². The van der Waals surface area contributed by atoms with E-state index < -0.39 is 34.5 Å². The lowest BCUT2D eigenvalue weighted by Gasteiger charge is -2.34. The van der Waals surface area contributed by atoms with Crippen LogP contribution in [0.3, 0.4) is 0 Å². The van der Waals surface area contributed by atoms with Crippen molar-refractivity contribution in [1.82, 2.24) is 4.90 Å². The second kappa shape index (κ2) is 12.6. The van der Waals surface area contributed by atoms with Crippen molar-refractivity contribution in [2.24, 2.45) is 0 Å². The Morgan fingerprint density at radius 2 is 1.34 bits per heavy atom. The third-order valence-electron chi connectivity index (χ3n) is 6.13. The van der Waals surface area contributed by atoms with Crippen LogP contribution in [0.25, 0.3) is 0 Å². The fraction of sp³-hybridized carbons (Fsp3) is 0.167. The number of carboxylic acid groups (broad SMARTS) is 1. The molecule has 0 saturated heterocycles. The highest BCUT2D eigenvalue weighted by molar-refractivity contribution is 5.74. The van der Waals surface area contributed by atoms with E-state index in [4.69, 9.17) is 4.74 Å². The van der Waals surface area contributed by atoms with Crippen LogP contribution in [0, 0.1) is 15.9 Å². The van der Waals surface area contributed by atoms with E-state index in [-0.39, 0.29) is 12.2 Å². The lowest BCUT2D eigenvalue weighted by molar-refractivity contribution is -0.386. The van der Waals surface area contributed by atoms with Gasteiger partial charge in [-0.25, -0.2) is 4.39 Å². The van der Waals surface area contributed by atoms with Gasteiger partial charge in [0.1, 0.15) is 18.0 Å². The summed E-state index contributed by atoms with van der Waals surface area (Å²) in [5.74, 6) is -2.11. The number of ether oxygens (including phenoxy) is 1. The molecule has 1 N–H and O–H groups in total. The largest absolute Gasteiger partial charge is 0.481 e. The topological polar surface area (TPSA) is 92.9 Å². The van der Waals surface area contributed by atoms with E-state index >= 15 is 0 Å². The van der Waals surface area contributed by atoms with Crippen LogP contribution in [0.5, 0.6) is 5.75 Å². The van der Waals surface area contributed by atoms with Crippen LogP contribution in [0.1, 0.15) is 16.7 Å². The molecule has 0 aliphatic heterocycles. The van der Waals surface area contributed by atoms with Crippen LogP contribution < -0.4 is 4.74 Å². The molecule has 4 rings (SSSR count). The summed E-state index contributed by atoms with van der Waals surface area (Å²) in [6.45, 7) is 0.597. The summed E-state index contributed by atoms with van der Waals surface area (Å²) in [7, 11) is 0. The summed E-state index contributed by atoms with van der Waals surface area (Å²) in [5.41, 5.74) is 2.04. The molecule has 0 bridgehead atoms. The van der Waals surface area contributed by atoms with Crippen molar-refractivity contribution in [3.8, 4) is 5.75 Å². The molecule has 8 heteroatoms. The van der Waals surface area contributed by atoms with Crippen molar-refractivity contribution in [3.05, 3.63) is 142 Å². The zero-order valence-electron chi connectivity index (χ0n) is 20.5. The average molecular weight is 515 g/mol. The summed E-state index contributed by atoms with van der Waals surface area (Å²) in [6, 6.07) is 29.9. The van der Waals surface area contributed by atoms with Crippen molar-refractivity contribution in [2.45, 2.75) is 31.7 Å². The predicted octanol–water partition coefficient (Wildman–Crippen LogP) is 5.88. The average Bonchev–Trinajstić information content (AvgIpc) is 2.91. The normalized spacial score (nSPS) is 12.6. The maximum atomic E-state index is 13.8. The van der Waals surface area contributed by atoms with Gasteiger partial charge in [0.15, 0.2) is 5.75 Å². The van der Waals surface area contributed by atoms with E-state index in [0.717, 1.165) is 28.8 Å². The smallest absolute Gasteiger partial charge is 0.324 e. The monoisotopic (exact) mass is 514 g/mol. The first kappa shape index (κ1) is 26.5. The fourth-order valence-corrected chi connectivity index (χ4v) is 4.40. The van der Waals surface area contributed by atoms with Gasteiger partial charge in [0.25, 0.3) is 0 Å². The summed E-state index contributed by atoms with van der Waals surface area (Å²) < 4.78 is 19.9. The molecule has 0 saturated carbocycles. The first-order chi connectivity index (χ1) is 18.4. The number of hydrogen-bond acceptors (Lipinski definition) is 5. The van der Waals surface area contributed by atoms with Crippen LogP contribution in [0.15, 0.2) is 109 Å². The van der Waals surface area contributed by atoms with E-state index in [2.05, 4.69) is 0 Å². The van der Waals surface area contributed by atoms with Gasteiger partial charge >= 0.3 is 11.7 Å². The summed E-state index contributed by atoms with van der Waals surface area (Å²) in [5, 5.41) is 22.2. The van der Waals surface area contributed by atoms with Gasteiger partial charge in [-0.05, 0) is 28.8 Å². The summed E-state index contributed by atoms with van der Waals surface area (Å²) >= 11 is 0. The molecule has 0 spiro atoms. The minimum atomic E-state index is -1.19. The molecule has 38 heavy (non-hydrogen) atoms. The number of carbonyl (C=O) groups is 1. The molecule has 4 aromatic carbocycles. The first-order valence-electron chi connectivity index (χ1n) is 12.1. The van der Waals surface area contributed by atoms with Crippen molar-refractivity contribution < 1.29 is 24.0 Å². The SMILES string of the molecule is O=C(O)[C@H]([C@H](Cc1ccccc1)Oc1ccc(F)cc1[N+](=O)[O-])N(Cc1ccccc1)Cc1ccccc1. The third-order valence-corrected chi connectivity index (χ3v) is 6.13. The maximum Gasteiger partial charge on any atom is 0.324 e. The fourth-order valence-electron chi connectivity index (χ4n) is 4.40. The van der Waals surface area contributed by atoms with Gasteiger partial charge in [0.05, 0.1) is 11.0 Å². The Bertz CT molecular complexity index is 1310. The van der Waals surface area contributed by atoms with Crippen LogP contribution in [-0.4, -0.2) is 33.0 Å². The van der Waals surface area contributed by atoms with Gasteiger partial charge in [0, 0.05) is 19.5 Å². The summed E-state index contributed by atoms with van der Waals surface area (Å²) in [6.07, 6.45) is -0.877. The van der Waals surface area contributed by atoms with Gasteiger partial charge in [-0.15, -0.1) is 0 Å². The van der Waals surface area contributed by atoms with Gasteiger partial charge in [-0.2, -0.15) is 0 Å². The van der Waals surface area contributed by atoms with Gasteiger partial charge < -0.3 is 9.84 Å². The van der Waals surface area contributed by atoms with Gasteiger partial charge in [-0.3, -0.25) is 19.8 Å². The quantitative estimate of drug-likeness (QED) is 0.188. The Morgan fingerprint density at radius 1 is 0.842 bits per heavy atom. The molecule has 0 heterocycles. The molecule has 0 fully saturated rings. The molecule has 0 amide bonds. The van der Waals surface area contributed by atoms with E-state index in [9.17, 15) is 24.4 Å². The number of carboxylic acids is 1. The van der Waals surface area contributed by atoms with Crippen molar-refractivity contribution in [2.75, 3.05) is 0 Å². The highest BCUT2D eigenvalue weighted by Gasteiger charge is 2.37. The second-order valence-corrected chi connectivity index (χ2v) is 8.87. The number of hydrogen-bond donors (Lipinski definition) is 1. The molecular weight excluding hydrogens is 487 g/mol. The van der Waals surface area contributed by atoms with Gasteiger partial charge in [-0.1, -0.05) is 91.0 Å². The van der Waals surface area contributed by atoms with E-state index in [1.54, 1.807) is 4.90 Å². The molecular formula is C30H27FN2O5. The summed E-state index contributed by atoms with van der Waals surface area (Å²) in [4.78, 5) is 25.6. The van der Waals surface area contributed by atoms with Crippen molar-refractivity contribution in [1.29, 1.82) is 0 Å². The van der Waals surface area contributed by atoms with Crippen molar-refractivity contribution >= 4 is 11.7 Å². The van der Waals surface area contributed by atoms with Crippen molar-refractivity contribution in [3.63, 3.8) is 0 Å². The van der Waals surface area contributed by atoms with Crippen LogP contribution in [-0.2, 0) is 24.3 Å². The first-order valence-corrected chi connectivity index (χ1v) is 12.1. The Hall–Kier alpha value is -4.56. The molecule has 194 valence electrons. The lowest BCUT2D eigenvalue weighted by atomic mass is 9.99. The van der Waals surface area contributed by atoms with Crippen LogP contribution in [0.4, 0.5) is 10.1 Å². The highest BCUT2D eigenvalue weighted by atomic mass is 19.1. The van der Waals surface area contributed by atoms with Crippen LogP contribution >= 0.6 is 0 Å². The Balaban J connectivity index is 1.77. The number of benzene rings is 4. The number of aliphatic carboxylic acids is 1. The Labute approximate surface area is 219 Å². The van der Waals surface area contributed by atoms with Gasteiger partial charge in [0.2, 0.25) is 0 Å². The predicted molar refractivity (Wildman–Crippen MR) is 141 cm³/mol. The number of nitro benzene ring substituents is 1. The standard InChI is InChI=1S/C30H27FN2O5/c31-25-16-17-27(26(19-25)33(36)37)38-28(18-22-10-4-1-5-11-22)29(30(34)35)32(20-23-12-6-2-7-13-23)21-24-14-8-3-9-15-24/h1-17,19,28-29H,18,20-21H2,(H,34,35)/t28-,29-/m0/s1. The van der Waals surface area contributed by atoms with Crippen LogP contribution in [0.2, 0.25) is 0 Å². The Morgan fingerprint density at radius 3 is 1.82 bits per heavy atom. The molecule has 0 unspecified atom stereocenters. The third kappa shape index (κ3) is 7.02. The molecule has 0 radical (unpaired) electrons. The second-order valence-electron chi connectivity index (χ2n) is 8.87. The minimum Gasteiger partial charge on any atom is -0.481 e. The van der Waals surface area contributed by atoms with E-state index in [1.807, 2.05) is 91.0 Å². The molecule has 2 atom stereocenters. The zero-order chi connectivity index (χ0) is 26.9. The highest BCUT2D eigenvalue weighted by Crippen LogP contribution is 2.31.